The smallest absolute Gasteiger partial charge is 0.411 e. The van der Waals surface area contributed by atoms with Crippen LogP contribution in [0.25, 0.3) is 0 Å². The number of hydrogen-bond donors (Lipinski definition) is 0. The van der Waals surface area contributed by atoms with E-state index in [4.69, 9.17) is 9.47 Å². The van der Waals surface area contributed by atoms with Crippen molar-refractivity contribution in [1.29, 1.82) is 0 Å². The van der Waals surface area contributed by atoms with Gasteiger partial charge in [-0.1, -0.05) is 41.9 Å². The van der Waals surface area contributed by atoms with Crippen molar-refractivity contribution in [1.82, 2.24) is 4.90 Å². The molecule has 0 unspecified atom stereocenters. The molecule has 5 nitrogen and oxygen atoms in total. The van der Waals surface area contributed by atoms with Gasteiger partial charge in [0.25, 0.3) is 0 Å². The number of halogens is 1. The molecule has 0 bridgehead atoms. The summed E-state index contributed by atoms with van der Waals surface area (Å²) in [5.74, 6) is -0.193. The number of carbonyl (C=O) groups is 2. The molecule has 0 fully saturated rings. The number of hydrogen-bond acceptors (Lipinski definition) is 4. The minimum absolute atomic E-state index is 0.141. The third kappa shape index (κ3) is 8.34. The van der Waals surface area contributed by atoms with Crippen LogP contribution in [0.5, 0.6) is 0 Å². The van der Waals surface area contributed by atoms with Gasteiger partial charge >= 0.3 is 12.1 Å². The van der Waals surface area contributed by atoms with Crippen molar-refractivity contribution in [2.24, 2.45) is 5.92 Å². The number of benzene rings is 1. The van der Waals surface area contributed by atoms with Crippen LogP contribution in [0.3, 0.4) is 0 Å². The molecule has 0 saturated heterocycles. The number of amides is 1. The maximum absolute atomic E-state index is 12.4. The van der Waals surface area contributed by atoms with Crippen LogP contribution >= 0.6 is 15.9 Å². The minimum Gasteiger partial charge on any atom is -0.464 e. The molecule has 134 valence electrons. The summed E-state index contributed by atoms with van der Waals surface area (Å²) in [5, 5.41) is 0. The largest absolute Gasteiger partial charge is 0.464 e. The molecule has 1 aromatic rings. The molecule has 0 saturated carbocycles. The molecule has 0 heterocycles. The summed E-state index contributed by atoms with van der Waals surface area (Å²) < 4.78 is 11.5. The second-order valence-corrected chi connectivity index (χ2v) is 7.96. The maximum atomic E-state index is 12.4. The number of rotatable bonds is 6. The van der Waals surface area contributed by atoms with Gasteiger partial charge in [0.1, 0.15) is 12.1 Å². The molecule has 0 spiro atoms. The van der Waals surface area contributed by atoms with Gasteiger partial charge in [0.2, 0.25) is 0 Å². The number of nitrogens with zero attached hydrogens (tertiary/aromatic N) is 1. The molecule has 0 aromatic heterocycles. The zero-order chi connectivity index (χ0) is 18.3. The molecule has 0 aliphatic heterocycles. The second kappa shape index (κ2) is 9.06. The monoisotopic (exact) mass is 399 g/mol. The Labute approximate surface area is 152 Å². The molecule has 1 rings (SSSR count). The Morgan fingerprint density at radius 2 is 1.75 bits per heavy atom. The second-order valence-electron chi connectivity index (χ2n) is 7.04. The summed E-state index contributed by atoms with van der Waals surface area (Å²) >= 11 is 3.38. The van der Waals surface area contributed by atoms with E-state index in [-0.39, 0.29) is 19.0 Å². The van der Waals surface area contributed by atoms with Gasteiger partial charge in [-0.15, -0.1) is 0 Å². The van der Waals surface area contributed by atoms with E-state index in [0.29, 0.717) is 6.61 Å². The van der Waals surface area contributed by atoms with E-state index >= 15 is 0 Å². The van der Waals surface area contributed by atoms with Gasteiger partial charge in [-0.25, -0.2) is 4.79 Å². The minimum atomic E-state index is -0.628. The third-order valence-corrected chi connectivity index (χ3v) is 3.36. The fraction of sp³-hybridized carbons (Fsp3) is 0.556. The summed E-state index contributed by atoms with van der Waals surface area (Å²) in [6, 6.07) is 7.56. The van der Waals surface area contributed by atoms with Crippen molar-refractivity contribution in [2.45, 2.75) is 46.8 Å². The van der Waals surface area contributed by atoms with Crippen molar-refractivity contribution in [3.05, 3.63) is 34.3 Å². The van der Waals surface area contributed by atoms with Gasteiger partial charge in [0, 0.05) is 11.0 Å². The van der Waals surface area contributed by atoms with Crippen LogP contribution in [0.15, 0.2) is 28.7 Å². The molecule has 0 atom stereocenters. The molecule has 0 aliphatic carbocycles. The first-order valence-electron chi connectivity index (χ1n) is 7.95. The van der Waals surface area contributed by atoms with E-state index in [1.165, 1.54) is 4.90 Å². The Morgan fingerprint density at radius 1 is 1.17 bits per heavy atom. The van der Waals surface area contributed by atoms with E-state index in [1.54, 1.807) is 20.8 Å². The molecular weight excluding hydrogens is 374 g/mol. The predicted molar refractivity (Wildman–Crippen MR) is 96.6 cm³/mol. The van der Waals surface area contributed by atoms with Crippen LogP contribution in [-0.4, -0.2) is 35.7 Å². The lowest BCUT2D eigenvalue weighted by Gasteiger charge is -2.27. The Bertz CT molecular complexity index is 549. The maximum Gasteiger partial charge on any atom is 0.411 e. The highest BCUT2D eigenvalue weighted by atomic mass is 79.9. The molecule has 1 amide bonds. The topological polar surface area (TPSA) is 55.8 Å². The Balaban J connectivity index is 2.80. The molecule has 0 N–H and O–H groups in total. The van der Waals surface area contributed by atoms with Gasteiger partial charge in [0.05, 0.1) is 6.61 Å². The number of carbonyl (C=O) groups excluding carboxylic acids is 2. The first kappa shape index (κ1) is 20.5. The summed E-state index contributed by atoms with van der Waals surface area (Å²) in [5.41, 5.74) is 0.275. The van der Waals surface area contributed by atoms with Crippen LogP contribution in [-0.2, 0) is 20.8 Å². The summed E-state index contributed by atoms with van der Waals surface area (Å²) in [4.78, 5) is 25.7. The van der Waals surface area contributed by atoms with Crippen LogP contribution < -0.4 is 0 Å². The highest BCUT2D eigenvalue weighted by molar-refractivity contribution is 9.10. The first-order chi connectivity index (χ1) is 11.1. The van der Waals surface area contributed by atoms with Crippen molar-refractivity contribution in [3.8, 4) is 0 Å². The average molecular weight is 400 g/mol. The van der Waals surface area contributed by atoms with E-state index in [9.17, 15) is 9.59 Å². The fourth-order valence-corrected chi connectivity index (χ4v) is 2.05. The molecular formula is C18H26BrNO4. The highest BCUT2D eigenvalue weighted by Gasteiger charge is 2.24. The number of esters is 1. The zero-order valence-electron chi connectivity index (χ0n) is 15.0. The Kier molecular flexibility index (Phi) is 7.73. The van der Waals surface area contributed by atoms with E-state index in [2.05, 4.69) is 15.9 Å². The van der Waals surface area contributed by atoms with E-state index < -0.39 is 17.7 Å². The van der Waals surface area contributed by atoms with E-state index in [0.717, 1.165) is 10.0 Å². The molecule has 0 aliphatic rings. The third-order valence-electron chi connectivity index (χ3n) is 2.84. The molecule has 6 heteroatoms. The van der Waals surface area contributed by atoms with Gasteiger partial charge in [-0.3, -0.25) is 9.69 Å². The molecule has 0 radical (unpaired) electrons. The summed E-state index contributed by atoms with van der Waals surface area (Å²) in [6.45, 7) is 9.76. The molecule has 24 heavy (non-hydrogen) atoms. The van der Waals surface area contributed by atoms with Crippen molar-refractivity contribution >= 4 is 28.0 Å². The van der Waals surface area contributed by atoms with Crippen molar-refractivity contribution in [2.75, 3.05) is 13.2 Å². The van der Waals surface area contributed by atoms with Crippen molar-refractivity contribution < 1.29 is 19.1 Å². The lowest BCUT2D eigenvalue weighted by molar-refractivity contribution is -0.146. The summed E-state index contributed by atoms with van der Waals surface area (Å²) in [6.07, 6.45) is -0.535. The lowest BCUT2D eigenvalue weighted by Crippen LogP contribution is -2.40. The molecule has 1 aromatic carbocycles. The van der Waals surface area contributed by atoms with Gasteiger partial charge in [-0.2, -0.15) is 0 Å². The first-order valence-corrected chi connectivity index (χ1v) is 8.74. The average Bonchev–Trinajstić information content (AvgIpc) is 2.45. The normalized spacial score (nSPS) is 11.3. The Hall–Kier alpha value is -1.56. The van der Waals surface area contributed by atoms with Crippen LogP contribution in [0.4, 0.5) is 4.79 Å². The van der Waals surface area contributed by atoms with Crippen molar-refractivity contribution in [3.63, 3.8) is 0 Å². The van der Waals surface area contributed by atoms with Crippen LogP contribution in [0.2, 0.25) is 0 Å². The zero-order valence-corrected chi connectivity index (χ0v) is 16.6. The number of ether oxygens (including phenoxy) is 2. The van der Waals surface area contributed by atoms with Gasteiger partial charge < -0.3 is 9.47 Å². The fourth-order valence-electron chi connectivity index (χ4n) is 1.78. The quantitative estimate of drug-likeness (QED) is 0.665. The predicted octanol–water partition coefficient (Wildman–Crippen LogP) is 4.39. The Morgan fingerprint density at radius 3 is 2.25 bits per heavy atom. The van der Waals surface area contributed by atoms with Crippen LogP contribution in [0, 0.1) is 5.92 Å². The summed E-state index contributed by atoms with van der Waals surface area (Å²) in [7, 11) is 0. The van der Waals surface area contributed by atoms with Gasteiger partial charge in [0.15, 0.2) is 0 Å². The lowest BCUT2D eigenvalue weighted by atomic mass is 10.2. The highest BCUT2D eigenvalue weighted by Crippen LogP contribution is 2.15. The van der Waals surface area contributed by atoms with E-state index in [1.807, 2.05) is 38.1 Å². The van der Waals surface area contributed by atoms with Gasteiger partial charge in [-0.05, 0) is 44.4 Å². The SMILES string of the molecule is CC(C)COC(=O)CN(Cc1ccc(Br)cc1)C(=O)OC(C)(C)C. The standard InChI is InChI=1S/C18H26BrNO4/c1-13(2)12-23-16(21)11-20(17(22)24-18(3,4)5)10-14-6-8-15(19)9-7-14/h6-9,13H,10-12H2,1-5H3. The van der Waals surface area contributed by atoms with Crippen LogP contribution in [0.1, 0.15) is 40.2 Å².